The highest BCUT2D eigenvalue weighted by Crippen LogP contribution is 2.40. The second-order valence-corrected chi connectivity index (χ2v) is 13.6. The molecule has 0 aliphatic carbocycles. The summed E-state index contributed by atoms with van der Waals surface area (Å²) in [6.07, 6.45) is 0. The first-order valence-corrected chi connectivity index (χ1v) is 18.0. The van der Waals surface area contributed by atoms with E-state index in [2.05, 4.69) is 168 Å². The van der Waals surface area contributed by atoms with E-state index in [1.165, 1.54) is 37.7 Å². The molecule has 0 amide bonds. The van der Waals surface area contributed by atoms with Crippen molar-refractivity contribution in [3.63, 3.8) is 0 Å². The number of fused-ring (bicyclic) bond motifs is 9. The monoisotopic (exact) mass is 674 g/mol. The average Bonchev–Trinajstić information content (AvgIpc) is 3.57. The molecule has 0 spiro atoms. The van der Waals surface area contributed by atoms with Gasteiger partial charge in [0.25, 0.3) is 0 Å². The molecule has 0 unspecified atom stereocenters. The summed E-state index contributed by atoms with van der Waals surface area (Å²) in [5, 5.41) is 12.0. The zero-order valence-electron chi connectivity index (χ0n) is 28.6. The highest BCUT2D eigenvalue weighted by molar-refractivity contribution is 6.20. The van der Waals surface area contributed by atoms with E-state index in [1.807, 2.05) is 18.2 Å². The minimum absolute atomic E-state index is 0.632. The molecule has 53 heavy (non-hydrogen) atoms. The van der Waals surface area contributed by atoms with Crippen LogP contribution in [0.1, 0.15) is 0 Å². The number of nitrogens with zero attached hydrogens (tertiary/aromatic N) is 4. The second-order valence-electron chi connectivity index (χ2n) is 13.6. The molecule has 0 bridgehead atoms. The second kappa shape index (κ2) is 11.7. The van der Waals surface area contributed by atoms with Crippen LogP contribution in [0.25, 0.3) is 105 Å². The van der Waals surface area contributed by atoms with Gasteiger partial charge in [0.2, 0.25) is 0 Å². The summed E-state index contributed by atoms with van der Waals surface area (Å²) in [6.45, 7) is 0. The molecular weight excluding hydrogens is 645 g/mol. The third kappa shape index (κ3) is 4.66. The van der Waals surface area contributed by atoms with Crippen molar-refractivity contribution in [3.8, 4) is 39.9 Å². The molecule has 0 aliphatic rings. The van der Waals surface area contributed by atoms with Gasteiger partial charge >= 0.3 is 0 Å². The molecule has 0 radical (unpaired) electrons. The van der Waals surface area contributed by atoms with Crippen molar-refractivity contribution >= 4 is 64.9 Å². The van der Waals surface area contributed by atoms with E-state index < -0.39 is 0 Å². The third-order valence-electron chi connectivity index (χ3n) is 10.6. The Hall–Kier alpha value is -7.17. The van der Waals surface area contributed by atoms with Gasteiger partial charge in [0.1, 0.15) is 0 Å². The van der Waals surface area contributed by atoms with Gasteiger partial charge in [-0.05, 0) is 67.4 Å². The molecule has 0 aliphatic heterocycles. The number of rotatable bonds is 4. The number of hydrogen-bond acceptors (Lipinski definition) is 3. The highest BCUT2D eigenvalue weighted by atomic mass is 15.1. The fourth-order valence-electron chi connectivity index (χ4n) is 8.17. The van der Waals surface area contributed by atoms with Crippen molar-refractivity contribution in [2.24, 2.45) is 0 Å². The third-order valence-corrected chi connectivity index (χ3v) is 10.6. The largest absolute Gasteiger partial charge is 0.308 e. The molecule has 0 saturated heterocycles. The molecular formula is C49H30N4. The van der Waals surface area contributed by atoms with Crippen LogP contribution in [0.4, 0.5) is 0 Å². The van der Waals surface area contributed by atoms with Crippen LogP contribution in [-0.4, -0.2) is 19.5 Å². The van der Waals surface area contributed by atoms with Gasteiger partial charge in [-0.15, -0.1) is 0 Å². The Morgan fingerprint density at radius 3 is 1.57 bits per heavy atom. The van der Waals surface area contributed by atoms with Crippen LogP contribution in [0.3, 0.4) is 0 Å². The molecule has 2 aromatic heterocycles. The fraction of sp³-hybridized carbons (Fsp3) is 0. The topological polar surface area (TPSA) is 43.6 Å². The number of aromatic nitrogens is 4. The summed E-state index contributed by atoms with van der Waals surface area (Å²) in [6, 6.07) is 64.5. The number of para-hydroxylation sites is 2. The average molecular weight is 675 g/mol. The summed E-state index contributed by atoms with van der Waals surface area (Å²) < 4.78 is 2.36. The first kappa shape index (κ1) is 29.5. The van der Waals surface area contributed by atoms with Crippen molar-refractivity contribution in [1.29, 1.82) is 0 Å². The van der Waals surface area contributed by atoms with Gasteiger partial charge in [-0.25, -0.2) is 15.0 Å². The maximum absolute atomic E-state index is 5.36. The summed E-state index contributed by atoms with van der Waals surface area (Å²) in [5.41, 5.74) is 6.14. The summed E-state index contributed by atoms with van der Waals surface area (Å²) >= 11 is 0. The van der Waals surface area contributed by atoms with Gasteiger partial charge in [0.15, 0.2) is 17.5 Å². The Morgan fingerprint density at radius 2 is 0.830 bits per heavy atom. The number of benzene rings is 9. The molecule has 4 heteroatoms. The first-order valence-electron chi connectivity index (χ1n) is 18.0. The molecule has 11 rings (SSSR count). The maximum atomic E-state index is 5.36. The minimum atomic E-state index is 0.632. The molecule has 4 nitrogen and oxygen atoms in total. The van der Waals surface area contributed by atoms with E-state index in [4.69, 9.17) is 15.0 Å². The Balaban J connectivity index is 1.20. The summed E-state index contributed by atoms with van der Waals surface area (Å²) in [5.74, 6) is 1.90. The van der Waals surface area contributed by atoms with Gasteiger partial charge in [-0.3, -0.25) is 0 Å². The van der Waals surface area contributed by atoms with Gasteiger partial charge in [0, 0.05) is 21.9 Å². The zero-order chi connectivity index (χ0) is 34.9. The predicted molar refractivity (Wildman–Crippen MR) is 220 cm³/mol. The summed E-state index contributed by atoms with van der Waals surface area (Å²) in [4.78, 5) is 15.8. The maximum Gasteiger partial charge on any atom is 0.166 e. The predicted octanol–water partition coefficient (Wildman–Crippen LogP) is 12.6. The lowest BCUT2D eigenvalue weighted by molar-refractivity contribution is 1.07. The minimum Gasteiger partial charge on any atom is -0.308 e. The van der Waals surface area contributed by atoms with Crippen LogP contribution in [0.5, 0.6) is 0 Å². The van der Waals surface area contributed by atoms with Gasteiger partial charge in [-0.1, -0.05) is 158 Å². The lowest BCUT2D eigenvalue weighted by Crippen LogP contribution is -2.04. The molecule has 0 N–H and O–H groups in total. The van der Waals surface area contributed by atoms with Gasteiger partial charge < -0.3 is 4.57 Å². The van der Waals surface area contributed by atoms with Crippen LogP contribution in [0.15, 0.2) is 182 Å². The molecule has 0 atom stereocenters. The normalized spacial score (nSPS) is 11.8. The molecule has 2 heterocycles. The van der Waals surface area contributed by atoms with Crippen LogP contribution in [0.2, 0.25) is 0 Å². The lowest BCUT2D eigenvalue weighted by atomic mass is 9.95. The van der Waals surface area contributed by atoms with E-state index in [0.29, 0.717) is 17.5 Å². The molecule has 11 aromatic rings. The van der Waals surface area contributed by atoms with Crippen LogP contribution in [0, 0.1) is 0 Å². The Morgan fingerprint density at radius 1 is 0.321 bits per heavy atom. The Bertz CT molecular complexity index is 3180. The van der Waals surface area contributed by atoms with Crippen molar-refractivity contribution in [2.75, 3.05) is 0 Å². The van der Waals surface area contributed by atoms with E-state index in [0.717, 1.165) is 49.6 Å². The molecule has 9 aromatic carbocycles. The SMILES string of the molecule is c1ccc(-c2nc(-c3ccc4c(ccc5ccc6ccccc6c54)c3)nc(-c3c(-n4c5ccccc5c5ccccc54)ccc4ccccc34)n2)cc1. The quantitative estimate of drug-likeness (QED) is 0.175. The molecule has 0 fully saturated rings. The van der Waals surface area contributed by atoms with Crippen molar-refractivity contribution in [2.45, 2.75) is 0 Å². The first-order chi connectivity index (χ1) is 26.3. The Labute approximate surface area is 305 Å². The smallest absolute Gasteiger partial charge is 0.166 e. The lowest BCUT2D eigenvalue weighted by Gasteiger charge is -2.17. The fourth-order valence-corrected chi connectivity index (χ4v) is 8.17. The van der Waals surface area contributed by atoms with Crippen molar-refractivity contribution in [1.82, 2.24) is 19.5 Å². The van der Waals surface area contributed by atoms with Crippen LogP contribution >= 0.6 is 0 Å². The van der Waals surface area contributed by atoms with E-state index in [-0.39, 0.29) is 0 Å². The van der Waals surface area contributed by atoms with E-state index >= 15 is 0 Å². The standard InChI is InChI=1S/C49H30N4/c1-2-14-34(15-3-1)47-50-48(36-26-28-39-35(30-36)25-24-33-23-22-31-12-4-6-16-37(31)45(33)39)52-49(51-47)46-38-17-7-5-13-32(38)27-29-44(46)53-42-20-10-8-18-40(42)41-19-9-11-21-43(41)53/h1-30H. The van der Waals surface area contributed by atoms with Gasteiger partial charge in [0.05, 0.1) is 22.3 Å². The zero-order valence-corrected chi connectivity index (χ0v) is 28.6. The van der Waals surface area contributed by atoms with E-state index in [9.17, 15) is 0 Å². The summed E-state index contributed by atoms with van der Waals surface area (Å²) in [7, 11) is 0. The van der Waals surface area contributed by atoms with Crippen LogP contribution < -0.4 is 0 Å². The number of hydrogen-bond donors (Lipinski definition) is 0. The van der Waals surface area contributed by atoms with Crippen LogP contribution in [-0.2, 0) is 0 Å². The van der Waals surface area contributed by atoms with E-state index in [1.54, 1.807) is 0 Å². The molecule has 246 valence electrons. The van der Waals surface area contributed by atoms with Crippen molar-refractivity contribution in [3.05, 3.63) is 182 Å². The molecule has 0 saturated carbocycles. The van der Waals surface area contributed by atoms with Crippen molar-refractivity contribution < 1.29 is 0 Å². The Kier molecular flexibility index (Phi) is 6.52. The van der Waals surface area contributed by atoms with Gasteiger partial charge in [-0.2, -0.15) is 0 Å². The highest BCUT2D eigenvalue weighted by Gasteiger charge is 2.21.